The van der Waals surface area contributed by atoms with Crippen molar-refractivity contribution in [2.75, 3.05) is 5.32 Å². The summed E-state index contributed by atoms with van der Waals surface area (Å²) < 4.78 is 125. The number of phenols is 4. The second-order valence-corrected chi connectivity index (χ2v) is 22.5. The number of hydrogen-bond acceptors (Lipinski definition) is 14. The van der Waals surface area contributed by atoms with Crippen molar-refractivity contribution < 1.29 is 87.0 Å². The molecule has 0 aliphatic heterocycles. The Balaban J connectivity index is 0.000000184. The molecule has 0 atom stereocenters. The number of nitrogens with one attached hydrogen (secondary N) is 1. The van der Waals surface area contributed by atoms with Crippen LogP contribution in [0.5, 0.6) is 23.0 Å². The number of benzene rings is 8. The van der Waals surface area contributed by atoms with Crippen LogP contribution in [-0.2, 0) is 50.1 Å². The van der Waals surface area contributed by atoms with Crippen molar-refractivity contribution in [1.29, 1.82) is 0 Å². The Morgan fingerprint density at radius 3 is 1.45 bits per heavy atom. The molecule has 392 valence electrons. The van der Waals surface area contributed by atoms with E-state index < -0.39 is 56.2 Å². The lowest BCUT2D eigenvalue weighted by Gasteiger charge is -2.10. The molecule has 20 nitrogen and oxygen atoms in total. The molecule has 24 heteroatoms. The van der Waals surface area contributed by atoms with E-state index >= 15 is 0 Å². The standard InChI is InChI=1S/C16H17NO4.C12H12O4S.C11H10O7S2.C11H10O4S/c1-9-7-11-8-12(17-14(18)5-6-15(19)20)3-4-13(11)16(21)10(9)2;1-7-5-9-6-10(17(14,15)16)3-4-11(9)8(2)12(7)13;1-6-9(12)3-2-7-4-8(19(13,14)15)5-10(11(6)7)20(16,17)18;1-7-10-4-3-9(16(13,14)15)6-8(10)2-5-11(7)12/h3-4,7-8,21H,5-6H2,1-2H3,(H,17,18)(H,19,20);3-6,13H,1-2H3,(H,14,15,16);2-5,12H,1H3,(H,13,14,15)(H,16,17,18);2-6,12H,1H3,(H,13,14,15). The van der Waals surface area contributed by atoms with E-state index in [2.05, 4.69) is 5.32 Å². The monoisotopic (exact) mass is 1100 g/mol. The van der Waals surface area contributed by atoms with Crippen molar-refractivity contribution >= 4 is 101 Å². The first-order valence-corrected chi connectivity index (χ1v) is 27.2. The van der Waals surface area contributed by atoms with E-state index in [0.717, 1.165) is 38.7 Å². The third-order valence-electron chi connectivity index (χ3n) is 11.7. The van der Waals surface area contributed by atoms with Gasteiger partial charge in [0, 0.05) is 22.9 Å². The third-order valence-corrected chi connectivity index (χ3v) is 15.1. The van der Waals surface area contributed by atoms with Gasteiger partial charge < -0.3 is 30.8 Å². The Hall–Kier alpha value is -7.42. The largest absolute Gasteiger partial charge is 0.508 e. The Labute approximate surface area is 424 Å². The highest BCUT2D eigenvalue weighted by atomic mass is 32.2. The molecule has 74 heavy (non-hydrogen) atoms. The van der Waals surface area contributed by atoms with Crippen molar-refractivity contribution in [3.05, 3.63) is 137 Å². The lowest BCUT2D eigenvalue weighted by molar-refractivity contribution is -0.138. The first-order valence-electron chi connectivity index (χ1n) is 21.5. The summed E-state index contributed by atoms with van der Waals surface area (Å²) >= 11 is 0. The van der Waals surface area contributed by atoms with Crippen molar-refractivity contribution in [3.63, 3.8) is 0 Å². The summed E-state index contributed by atoms with van der Waals surface area (Å²) in [5.41, 5.74) is 4.59. The number of carboxylic acids is 1. The minimum atomic E-state index is -4.74. The molecule has 0 saturated carbocycles. The predicted octanol–water partition coefficient (Wildman–Crippen LogP) is 8.82. The van der Waals surface area contributed by atoms with Crippen LogP contribution in [0.4, 0.5) is 5.69 Å². The van der Waals surface area contributed by atoms with Crippen LogP contribution in [0.1, 0.15) is 46.2 Å². The van der Waals surface area contributed by atoms with Crippen LogP contribution in [-0.4, -0.2) is 89.3 Å². The molecule has 1 amide bonds. The molecule has 8 aromatic carbocycles. The number of rotatable bonds is 8. The van der Waals surface area contributed by atoms with E-state index in [9.17, 15) is 68.2 Å². The van der Waals surface area contributed by atoms with Gasteiger partial charge in [-0.2, -0.15) is 33.7 Å². The van der Waals surface area contributed by atoms with E-state index in [4.69, 9.17) is 18.8 Å². The number of hydrogen-bond donors (Lipinski definition) is 10. The zero-order chi connectivity index (χ0) is 55.6. The summed E-state index contributed by atoms with van der Waals surface area (Å²) in [6, 6.07) is 24.7. The van der Waals surface area contributed by atoms with E-state index in [1.807, 2.05) is 19.9 Å². The number of carbonyl (C=O) groups excluding carboxylic acids is 1. The van der Waals surface area contributed by atoms with Crippen molar-refractivity contribution in [2.24, 2.45) is 0 Å². The number of amides is 1. The third kappa shape index (κ3) is 13.6. The highest BCUT2D eigenvalue weighted by Crippen LogP contribution is 2.36. The Morgan fingerprint density at radius 1 is 0.432 bits per heavy atom. The summed E-state index contributed by atoms with van der Waals surface area (Å²) in [5, 5.41) is 54.7. The normalized spacial score (nSPS) is 11.8. The molecular weight excluding hydrogens is 1050 g/mol. The van der Waals surface area contributed by atoms with Crippen molar-refractivity contribution in [1.82, 2.24) is 0 Å². The van der Waals surface area contributed by atoms with E-state index in [1.54, 1.807) is 63.2 Å². The zero-order valence-corrected chi connectivity index (χ0v) is 43.2. The second-order valence-electron chi connectivity index (χ2n) is 16.8. The molecule has 0 aliphatic carbocycles. The molecule has 0 aromatic heterocycles. The van der Waals surface area contributed by atoms with Gasteiger partial charge in [0.1, 0.15) is 27.9 Å². The van der Waals surface area contributed by atoms with Crippen molar-refractivity contribution in [2.45, 2.75) is 74.0 Å². The van der Waals surface area contributed by atoms with Gasteiger partial charge in [-0.05, 0) is 180 Å². The number of aromatic hydroxyl groups is 4. The van der Waals surface area contributed by atoms with Crippen molar-refractivity contribution in [3.8, 4) is 23.0 Å². The highest BCUT2D eigenvalue weighted by Gasteiger charge is 2.23. The number of carboxylic acid groups (broad SMARTS) is 1. The molecule has 0 saturated heterocycles. The molecule has 0 bridgehead atoms. The predicted molar refractivity (Wildman–Crippen MR) is 276 cm³/mol. The molecule has 0 fully saturated rings. The first kappa shape index (κ1) is 57.5. The summed E-state index contributed by atoms with van der Waals surface area (Å²) in [6.45, 7) is 10.4. The summed E-state index contributed by atoms with van der Waals surface area (Å²) in [5.74, 6) is -0.940. The van der Waals surface area contributed by atoms with Gasteiger partial charge in [0.25, 0.3) is 40.5 Å². The number of phenolic OH excluding ortho intramolecular Hbond substituents is 4. The average molecular weight is 1100 g/mol. The smallest absolute Gasteiger partial charge is 0.303 e. The molecule has 0 heterocycles. The minimum Gasteiger partial charge on any atom is -0.508 e. The molecule has 0 aliphatic rings. The SMILES string of the molecule is Cc1c(O)ccc2cc(S(=O)(=O)O)cc(S(=O)(=O)O)c12.Cc1c(O)ccc2cc(S(=O)(=O)O)ccc12.Cc1cc2cc(NC(=O)CCC(=O)O)ccc2c(O)c1C.Cc1cc2cc(S(=O)(=O)O)ccc2c(C)c1O. The fourth-order valence-electron chi connectivity index (χ4n) is 7.57. The Kier molecular flexibility index (Phi) is 17.1. The average Bonchev–Trinajstić information content (AvgIpc) is 3.30. The van der Waals surface area contributed by atoms with Crippen LogP contribution >= 0.6 is 0 Å². The van der Waals surface area contributed by atoms with Gasteiger partial charge >= 0.3 is 5.97 Å². The fourth-order valence-corrected chi connectivity index (χ4v) is 10.0. The van der Waals surface area contributed by atoms with Gasteiger partial charge in [0.15, 0.2) is 0 Å². The lowest BCUT2D eigenvalue weighted by Crippen LogP contribution is -2.13. The highest BCUT2D eigenvalue weighted by molar-refractivity contribution is 7.87. The Morgan fingerprint density at radius 2 is 0.905 bits per heavy atom. The molecule has 10 N–H and O–H groups in total. The van der Waals surface area contributed by atoms with Crippen LogP contribution in [0.15, 0.2) is 123 Å². The fraction of sp³-hybridized carbons (Fsp3) is 0.160. The molecule has 0 unspecified atom stereocenters. The molecular formula is C50H49NO19S4. The summed E-state index contributed by atoms with van der Waals surface area (Å²) in [4.78, 5) is 20.4. The summed E-state index contributed by atoms with van der Waals surface area (Å²) in [7, 11) is -17.7. The van der Waals surface area contributed by atoms with Gasteiger partial charge in [0.2, 0.25) is 5.91 Å². The molecule has 0 radical (unpaired) electrons. The molecule has 8 aromatic rings. The van der Waals surface area contributed by atoms with Crippen LogP contribution in [0, 0.1) is 41.5 Å². The van der Waals surface area contributed by atoms with E-state index in [0.29, 0.717) is 39.2 Å². The Bertz CT molecular complexity index is 4050. The number of anilines is 1. The quantitative estimate of drug-likeness (QED) is 0.0635. The summed E-state index contributed by atoms with van der Waals surface area (Å²) in [6.07, 6.45) is -0.260. The maximum atomic E-state index is 11.6. The van der Waals surface area contributed by atoms with Crippen LogP contribution in [0.2, 0.25) is 0 Å². The molecule has 8 rings (SSSR count). The van der Waals surface area contributed by atoms with Gasteiger partial charge in [-0.3, -0.25) is 27.8 Å². The second kappa shape index (κ2) is 22.0. The van der Waals surface area contributed by atoms with Gasteiger partial charge in [-0.15, -0.1) is 0 Å². The van der Waals surface area contributed by atoms with Gasteiger partial charge in [0.05, 0.1) is 21.1 Å². The minimum absolute atomic E-state index is 0.0140. The lowest BCUT2D eigenvalue weighted by atomic mass is 10.0. The number of aryl methyl sites for hydroxylation is 5. The van der Waals surface area contributed by atoms with Gasteiger partial charge in [-0.25, -0.2) is 0 Å². The van der Waals surface area contributed by atoms with Gasteiger partial charge in [-0.1, -0.05) is 30.3 Å². The maximum Gasteiger partial charge on any atom is 0.303 e. The molecule has 0 spiro atoms. The topological polar surface area (TPSA) is 365 Å². The number of fused-ring (bicyclic) bond motifs is 4. The van der Waals surface area contributed by atoms with E-state index in [-0.39, 0.29) is 67.9 Å². The number of aliphatic carboxylic acids is 1. The number of carbonyl (C=O) groups is 2. The first-order chi connectivity index (χ1) is 34.1. The van der Waals surface area contributed by atoms with Crippen LogP contribution in [0.3, 0.4) is 0 Å². The van der Waals surface area contributed by atoms with Crippen LogP contribution in [0.25, 0.3) is 43.1 Å². The zero-order valence-electron chi connectivity index (χ0n) is 40.0. The van der Waals surface area contributed by atoms with E-state index in [1.165, 1.54) is 49.4 Å². The van der Waals surface area contributed by atoms with Crippen LogP contribution < -0.4 is 5.32 Å². The maximum absolute atomic E-state index is 11.6.